The number of phenols is 1. The average molecular weight is 489 g/mol. The first-order chi connectivity index (χ1) is 17.5. The summed E-state index contributed by atoms with van der Waals surface area (Å²) in [4.78, 5) is 16.0. The maximum Gasteiger partial charge on any atom is 0.251 e. The zero-order valence-corrected chi connectivity index (χ0v) is 20.5. The fourth-order valence-electron chi connectivity index (χ4n) is 7.46. The van der Waals surface area contributed by atoms with Crippen molar-refractivity contribution in [2.75, 3.05) is 20.2 Å². The molecule has 1 spiro atoms. The summed E-state index contributed by atoms with van der Waals surface area (Å²) in [6.45, 7) is 2.22. The molecule has 3 aliphatic carbocycles. The van der Waals surface area contributed by atoms with Gasteiger partial charge in [0.15, 0.2) is 17.6 Å². The molecule has 2 heterocycles. The molecule has 3 N–H and O–H groups in total. The lowest BCUT2D eigenvalue weighted by Gasteiger charge is -2.62. The number of ether oxygens (including phenoxy) is 2. The summed E-state index contributed by atoms with van der Waals surface area (Å²) in [6, 6.07) is 13.3. The number of methoxy groups -OCH3 is 1. The van der Waals surface area contributed by atoms with Crippen LogP contribution in [-0.2, 0) is 27.9 Å². The molecule has 1 saturated carbocycles. The van der Waals surface area contributed by atoms with E-state index in [1.807, 2.05) is 36.4 Å². The van der Waals surface area contributed by atoms with Gasteiger partial charge in [0.25, 0.3) is 5.91 Å². The number of phenolic OH excluding ortho intramolecular Hbond substituents is 1. The van der Waals surface area contributed by atoms with Crippen LogP contribution in [0.5, 0.6) is 11.5 Å². The lowest BCUT2D eigenvalue weighted by molar-refractivity contribution is -0.173. The van der Waals surface area contributed by atoms with Crippen molar-refractivity contribution in [3.05, 3.63) is 70.5 Å². The number of likely N-dealkylation sites (tertiary alicyclic amines) is 1. The van der Waals surface area contributed by atoms with Crippen molar-refractivity contribution in [2.45, 2.75) is 61.8 Å². The summed E-state index contributed by atoms with van der Waals surface area (Å²) < 4.78 is 12.4. The molecule has 0 aromatic heterocycles. The van der Waals surface area contributed by atoms with Gasteiger partial charge in [-0.15, -0.1) is 0 Å². The zero-order chi connectivity index (χ0) is 24.7. The number of carbonyl (C=O) groups excluding carboxylic acids is 1. The molecular weight excluding hydrogens is 456 g/mol. The Hall–Kier alpha value is -3.03. The highest BCUT2D eigenvalue weighted by atomic mass is 16.5. The molecule has 2 aromatic carbocycles. The van der Waals surface area contributed by atoms with Crippen LogP contribution in [0.15, 0.2) is 53.8 Å². The van der Waals surface area contributed by atoms with Gasteiger partial charge in [-0.2, -0.15) is 0 Å². The summed E-state index contributed by atoms with van der Waals surface area (Å²) in [5.41, 5.74) is 1.50. The number of benzene rings is 2. The number of amides is 1. The number of piperidine rings is 1. The molecule has 2 aliphatic heterocycles. The lowest BCUT2D eigenvalue weighted by atomic mass is 9.49. The Morgan fingerprint density at radius 1 is 1.22 bits per heavy atom. The number of nitrogens with zero attached hydrogens (tertiary/aromatic N) is 1. The lowest BCUT2D eigenvalue weighted by Crippen LogP contribution is -2.76. The van der Waals surface area contributed by atoms with E-state index in [0.717, 1.165) is 29.8 Å². The Kier molecular flexibility index (Phi) is 4.77. The first-order valence-corrected chi connectivity index (χ1v) is 13.0. The summed E-state index contributed by atoms with van der Waals surface area (Å²) in [5.74, 6) is 1.41. The van der Waals surface area contributed by atoms with Crippen LogP contribution in [0.3, 0.4) is 0 Å². The molecular formula is C29H32N2O5. The molecule has 0 unspecified atom stereocenters. The van der Waals surface area contributed by atoms with Gasteiger partial charge in [0.2, 0.25) is 0 Å². The Balaban J connectivity index is 1.33. The van der Waals surface area contributed by atoms with Gasteiger partial charge in [-0.25, -0.2) is 0 Å². The van der Waals surface area contributed by atoms with E-state index in [0.29, 0.717) is 42.4 Å². The van der Waals surface area contributed by atoms with Crippen molar-refractivity contribution in [3.8, 4) is 11.5 Å². The molecule has 188 valence electrons. The smallest absolute Gasteiger partial charge is 0.251 e. The minimum atomic E-state index is -1.21. The fourth-order valence-corrected chi connectivity index (χ4v) is 7.46. The third-order valence-electron chi connectivity index (χ3n) is 9.29. The summed E-state index contributed by atoms with van der Waals surface area (Å²) >= 11 is 0. The average Bonchev–Trinajstić information content (AvgIpc) is 3.63. The third-order valence-corrected chi connectivity index (χ3v) is 9.29. The maximum absolute atomic E-state index is 13.6. The van der Waals surface area contributed by atoms with E-state index in [9.17, 15) is 15.0 Å². The summed E-state index contributed by atoms with van der Waals surface area (Å²) in [6.07, 6.45) is 3.38. The van der Waals surface area contributed by atoms with Gasteiger partial charge in [-0.3, -0.25) is 9.69 Å². The predicted octanol–water partition coefficient (Wildman–Crippen LogP) is 2.78. The maximum atomic E-state index is 13.6. The van der Waals surface area contributed by atoms with E-state index >= 15 is 0 Å². The van der Waals surface area contributed by atoms with Gasteiger partial charge >= 0.3 is 0 Å². The van der Waals surface area contributed by atoms with Gasteiger partial charge in [-0.1, -0.05) is 36.4 Å². The number of aliphatic hydroxyl groups is 1. The number of rotatable bonds is 6. The van der Waals surface area contributed by atoms with Crippen LogP contribution in [0.2, 0.25) is 0 Å². The van der Waals surface area contributed by atoms with E-state index in [-0.39, 0.29) is 24.1 Å². The van der Waals surface area contributed by atoms with Crippen molar-refractivity contribution in [1.29, 1.82) is 0 Å². The molecule has 1 amide bonds. The quantitative estimate of drug-likeness (QED) is 0.579. The van der Waals surface area contributed by atoms with E-state index < -0.39 is 17.1 Å². The second-order valence-electron chi connectivity index (χ2n) is 11.1. The van der Waals surface area contributed by atoms with Crippen LogP contribution in [-0.4, -0.2) is 59.0 Å². The van der Waals surface area contributed by atoms with Crippen LogP contribution >= 0.6 is 0 Å². The molecule has 7 rings (SSSR count). The predicted molar refractivity (Wildman–Crippen MR) is 132 cm³/mol. The van der Waals surface area contributed by atoms with Crippen molar-refractivity contribution in [1.82, 2.24) is 10.2 Å². The molecule has 4 atom stereocenters. The first-order valence-electron chi connectivity index (χ1n) is 13.0. The number of carbonyl (C=O) groups is 1. The van der Waals surface area contributed by atoms with Crippen molar-refractivity contribution >= 4 is 5.91 Å². The first kappa shape index (κ1) is 22.2. The monoisotopic (exact) mass is 488 g/mol. The topological polar surface area (TPSA) is 91.3 Å². The third kappa shape index (κ3) is 2.90. The van der Waals surface area contributed by atoms with Gasteiger partial charge < -0.3 is 25.0 Å². The molecule has 2 aromatic rings. The highest BCUT2D eigenvalue weighted by molar-refractivity contribution is 5.95. The number of hydrogen-bond acceptors (Lipinski definition) is 6. The van der Waals surface area contributed by atoms with Gasteiger partial charge in [0.1, 0.15) is 5.76 Å². The molecule has 2 fully saturated rings. The van der Waals surface area contributed by atoms with Gasteiger partial charge in [0, 0.05) is 31.1 Å². The van der Waals surface area contributed by atoms with E-state index in [1.165, 1.54) is 12.8 Å². The Labute approximate surface area is 210 Å². The SMILES string of the molecule is COC1=C(C(=O)NCc2ccccc2)C[C@@]2(O)[C@H]3Cc4ccc(O)c5c4[C@@]2(CCN3CC2CC2)[C@H]1O5. The number of hydrogen-bond donors (Lipinski definition) is 3. The number of nitrogens with one attached hydrogen (secondary N) is 1. The van der Waals surface area contributed by atoms with Crippen LogP contribution in [0.4, 0.5) is 0 Å². The highest BCUT2D eigenvalue weighted by Gasteiger charge is 2.73. The largest absolute Gasteiger partial charge is 0.504 e. The molecule has 2 bridgehead atoms. The summed E-state index contributed by atoms with van der Waals surface area (Å²) in [5, 5.41) is 26.5. The van der Waals surface area contributed by atoms with Crippen LogP contribution in [0, 0.1) is 5.92 Å². The zero-order valence-electron chi connectivity index (χ0n) is 20.5. The fraction of sp³-hybridized carbons (Fsp3) is 0.483. The summed E-state index contributed by atoms with van der Waals surface area (Å²) in [7, 11) is 1.57. The second-order valence-corrected chi connectivity index (χ2v) is 11.1. The molecule has 7 nitrogen and oxygen atoms in total. The van der Waals surface area contributed by atoms with Crippen molar-refractivity contribution in [2.24, 2.45) is 5.92 Å². The Morgan fingerprint density at radius 3 is 2.78 bits per heavy atom. The Morgan fingerprint density at radius 2 is 2.03 bits per heavy atom. The molecule has 36 heavy (non-hydrogen) atoms. The van der Waals surface area contributed by atoms with Crippen LogP contribution in [0.25, 0.3) is 0 Å². The standard InChI is InChI=1S/C29H32N2O5/c1-35-24-20(27(33)30-15-17-5-3-2-4-6-17)14-29(34)22-13-19-9-10-21(32)25-23(19)28(29,26(24)36-25)11-12-31(22)16-18-7-8-18/h2-6,9-10,18,22,26,32,34H,7-8,11-16H2,1H3,(H,30,33)/t22-,26+,28+,29-/m1/s1. The second kappa shape index (κ2) is 7.73. The Bertz CT molecular complexity index is 1270. The van der Waals surface area contributed by atoms with E-state index in [1.54, 1.807) is 13.2 Å². The molecule has 5 aliphatic rings. The van der Waals surface area contributed by atoms with E-state index in [4.69, 9.17) is 9.47 Å². The van der Waals surface area contributed by atoms with Gasteiger partial charge in [0.05, 0.1) is 23.7 Å². The minimum Gasteiger partial charge on any atom is -0.504 e. The van der Waals surface area contributed by atoms with Gasteiger partial charge in [-0.05, 0) is 55.3 Å². The van der Waals surface area contributed by atoms with E-state index in [2.05, 4.69) is 10.2 Å². The minimum absolute atomic E-state index is 0.0734. The van der Waals surface area contributed by atoms with Crippen molar-refractivity contribution < 1.29 is 24.5 Å². The normalized spacial score (nSPS) is 32.1. The molecule has 0 radical (unpaired) electrons. The highest BCUT2D eigenvalue weighted by Crippen LogP contribution is 2.66. The number of aromatic hydroxyl groups is 1. The van der Waals surface area contributed by atoms with Crippen LogP contribution in [0.1, 0.15) is 42.4 Å². The van der Waals surface area contributed by atoms with Crippen LogP contribution < -0.4 is 10.1 Å². The van der Waals surface area contributed by atoms with Crippen molar-refractivity contribution in [3.63, 3.8) is 0 Å². The molecule has 1 saturated heterocycles. The molecule has 7 heteroatoms.